The van der Waals surface area contributed by atoms with Crippen molar-refractivity contribution in [2.75, 3.05) is 0 Å². The van der Waals surface area contributed by atoms with E-state index in [1.807, 2.05) is 52.0 Å². The third kappa shape index (κ3) is 2.47. The third-order valence-corrected chi connectivity index (χ3v) is 3.75. The van der Waals surface area contributed by atoms with Gasteiger partial charge in [0.2, 0.25) is 0 Å². The fraction of sp³-hybridized carbons (Fsp3) is 0.316. The van der Waals surface area contributed by atoms with E-state index in [0.717, 1.165) is 21.8 Å². The van der Waals surface area contributed by atoms with Crippen molar-refractivity contribution in [2.45, 2.75) is 39.3 Å². The highest BCUT2D eigenvalue weighted by Gasteiger charge is 2.25. The van der Waals surface area contributed by atoms with Gasteiger partial charge in [-0.25, -0.2) is 4.79 Å². The van der Waals surface area contributed by atoms with Crippen LogP contribution in [0.5, 0.6) is 0 Å². The highest BCUT2D eigenvalue weighted by molar-refractivity contribution is 6.08. The lowest BCUT2D eigenvalue weighted by molar-refractivity contribution is -0.158. The zero-order valence-corrected chi connectivity index (χ0v) is 13.5. The maximum atomic E-state index is 12.5. The van der Waals surface area contributed by atoms with Gasteiger partial charge in [0.1, 0.15) is 11.6 Å². The Morgan fingerprint density at radius 3 is 1.86 bits per heavy atom. The Kier molecular flexibility index (Phi) is 3.44. The van der Waals surface area contributed by atoms with Gasteiger partial charge in [-0.3, -0.25) is 0 Å². The maximum Gasteiger partial charge on any atom is 0.329 e. The minimum atomic E-state index is -0.482. The molecule has 0 radical (unpaired) electrons. The van der Waals surface area contributed by atoms with Gasteiger partial charge in [0, 0.05) is 21.8 Å². The molecule has 0 aliphatic heterocycles. The Balaban J connectivity index is 2.18. The second kappa shape index (κ2) is 5.16. The van der Waals surface area contributed by atoms with Crippen LogP contribution < -0.4 is 0 Å². The molecule has 0 aliphatic carbocycles. The highest BCUT2D eigenvalue weighted by Crippen LogP contribution is 2.32. The normalized spacial score (nSPS) is 13.5. The molecule has 0 fully saturated rings. The van der Waals surface area contributed by atoms with E-state index in [-0.39, 0.29) is 12.0 Å². The summed E-state index contributed by atoms with van der Waals surface area (Å²) in [5, 5.41) is 2.32. The standard InChI is InChI=1S/C19H21NO2/c1-13(18(21)22-19(2,3)4)20-16-11-7-5-9-14(16)15-10-6-8-12-17(15)20/h5-13H,1-4H3. The summed E-state index contributed by atoms with van der Waals surface area (Å²) in [6, 6.07) is 16.0. The minimum absolute atomic E-state index is 0.209. The Bertz CT molecular complexity index is 786. The molecule has 0 spiro atoms. The number of para-hydroxylation sites is 2. The summed E-state index contributed by atoms with van der Waals surface area (Å²) in [7, 11) is 0. The highest BCUT2D eigenvalue weighted by atomic mass is 16.6. The first-order valence-electron chi connectivity index (χ1n) is 7.59. The Labute approximate surface area is 130 Å². The molecule has 3 rings (SSSR count). The van der Waals surface area contributed by atoms with Crippen LogP contribution in [0.3, 0.4) is 0 Å². The van der Waals surface area contributed by atoms with Crippen molar-refractivity contribution in [3.63, 3.8) is 0 Å². The van der Waals surface area contributed by atoms with Crippen molar-refractivity contribution in [1.82, 2.24) is 4.57 Å². The van der Waals surface area contributed by atoms with E-state index in [1.54, 1.807) is 0 Å². The van der Waals surface area contributed by atoms with Crippen LogP contribution in [0.25, 0.3) is 21.8 Å². The van der Waals surface area contributed by atoms with Crippen LogP contribution in [0.1, 0.15) is 33.7 Å². The number of nitrogens with zero attached hydrogens (tertiary/aromatic N) is 1. The van der Waals surface area contributed by atoms with Crippen LogP contribution in [-0.4, -0.2) is 16.1 Å². The lowest BCUT2D eigenvalue weighted by atomic mass is 10.2. The molecule has 22 heavy (non-hydrogen) atoms. The molecule has 2 aromatic carbocycles. The molecule has 1 heterocycles. The van der Waals surface area contributed by atoms with Crippen molar-refractivity contribution in [3.8, 4) is 0 Å². The zero-order valence-electron chi connectivity index (χ0n) is 13.5. The fourth-order valence-corrected chi connectivity index (χ4v) is 2.86. The molecule has 0 amide bonds. The van der Waals surface area contributed by atoms with Crippen LogP contribution in [-0.2, 0) is 9.53 Å². The quantitative estimate of drug-likeness (QED) is 0.642. The molecule has 3 aromatic rings. The largest absolute Gasteiger partial charge is 0.458 e. The minimum Gasteiger partial charge on any atom is -0.458 e. The summed E-state index contributed by atoms with van der Waals surface area (Å²) >= 11 is 0. The molecule has 114 valence electrons. The molecular formula is C19H21NO2. The van der Waals surface area contributed by atoms with E-state index in [9.17, 15) is 4.79 Å². The molecule has 3 heteroatoms. The number of fused-ring (bicyclic) bond motifs is 3. The van der Waals surface area contributed by atoms with Gasteiger partial charge >= 0.3 is 5.97 Å². The Morgan fingerprint density at radius 1 is 0.955 bits per heavy atom. The number of hydrogen-bond acceptors (Lipinski definition) is 2. The monoisotopic (exact) mass is 295 g/mol. The molecule has 1 unspecified atom stereocenters. The molecule has 3 nitrogen and oxygen atoms in total. The lowest BCUT2D eigenvalue weighted by Crippen LogP contribution is -2.29. The number of carbonyl (C=O) groups is 1. The van der Waals surface area contributed by atoms with Crippen LogP contribution in [0.15, 0.2) is 48.5 Å². The second-order valence-electron chi connectivity index (χ2n) is 6.61. The van der Waals surface area contributed by atoms with Crippen LogP contribution in [0, 0.1) is 0 Å². The van der Waals surface area contributed by atoms with E-state index in [0.29, 0.717) is 0 Å². The molecule has 1 atom stereocenters. The summed E-state index contributed by atoms with van der Waals surface area (Å²) in [6.07, 6.45) is 0. The van der Waals surface area contributed by atoms with Crippen LogP contribution in [0.2, 0.25) is 0 Å². The van der Waals surface area contributed by atoms with Crippen LogP contribution >= 0.6 is 0 Å². The smallest absolute Gasteiger partial charge is 0.329 e. The average molecular weight is 295 g/mol. The van der Waals surface area contributed by atoms with Crippen molar-refractivity contribution in [1.29, 1.82) is 0 Å². The first-order valence-corrected chi connectivity index (χ1v) is 7.59. The SMILES string of the molecule is CC(C(=O)OC(C)(C)C)n1c2ccccc2c2ccccc21. The molecule has 0 saturated carbocycles. The van der Waals surface area contributed by atoms with Gasteiger partial charge in [-0.1, -0.05) is 36.4 Å². The first-order chi connectivity index (χ1) is 10.4. The maximum absolute atomic E-state index is 12.5. The van der Waals surface area contributed by atoms with Crippen molar-refractivity contribution in [3.05, 3.63) is 48.5 Å². The van der Waals surface area contributed by atoms with Gasteiger partial charge in [-0.05, 0) is 39.8 Å². The van der Waals surface area contributed by atoms with E-state index in [1.165, 1.54) is 0 Å². The summed E-state index contributed by atoms with van der Waals surface area (Å²) in [6.45, 7) is 7.57. The second-order valence-corrected chi connectivity index (χ2v) is 6.61. The summed E-state index contributed by atoms with van der Waals surface area (Å²) < 4.78 is 7.63. The number of carbonyl (C=O) groups excluding carboxylic acids is 1. The molecule has 1 aromatic heterocycles. The molecule has 0 saturated heterocycles. The summed E-state index contributed by atoms with van der Waals surface area (Å²) in [4.78, 5) is 12.5. The predicted octanol–water partition coefficient (Wildman–Crippen LogP) is 4.70. The van der Waals surface area contributed by atoms with Gasteiger partial charge in [-0.2, -0.15) is 0 Å². The van der Waals surface area contributed by atoms with E-state index >= 15 is 0 Å². The van der Waals surface area contributed by atoms with E-state index in [2.05, 4.69) is 28.8 Å². The third-order valence-electron chi connectivity index (χ3n) is 3.75. The fourth-order valence-electron chi connectivity index (χ4n) is 2.86. The number of ether oxygens (including phenoxy) is 1. The van der Waals surface area contributed by atoms with Crippen LogP contribution in [0.4, 0.5) is 0 Å². The Hall–Kier alpha value is -2.29. The summed E-state index contributed by atoms with van der Waals surface area (Å²) in [5.41, 5.74) is 1.63. The number of aromatic nitrogens is 1. The molecular weight excluding hydrogens is 274 g/mol. The predicted molar refractivity (Wildman–Crippen MR) is 90.0 cm³/mol. The molecule has 0 aliphatic rings. The zero-order chi connectivity index (χ0) is 15.9. The summed E-state index contributed by atoms with van der Waals surface area (Å²) in [5.74, 6) is -0.209. The van der Waals surface area contributed by atoms with Gasteiger partial charge in [0.05, 0.1) is 0 Å². The van der Waals surface area contributed by atoms with E-state index < -0.39 is 5.60 Å². The number of hydrogen-bond donors (Lipinski definition) is 0. The Morgan fingerprint density at radius 2 is 1.41 bits per heavy atom. The number of rotatable bonds is 2. The van der Waals surface area contributed by atoms with Gasteiger partial charge in [-0.15, -0.1) is 0 Å². The van der Waals surface area contributed by atoms with Crippen molar-refractivity contribution >= 4 is 27.8 Å². The number of esters is 1. The van der Waals surface area contributed by atoms with Gasteiger partial charge < -0.3 is 9.30 Å². The lowest BCUT2D eigenvalue weighted by Gasteiger charge is -2.23. The average Bonchev–Trinajstić information content (AvgIpc) is 2.79. The topological polar surface area (TPSA) is 31.2 Å². The first kappa shape index (κ1) is 14.6. The van der Waals surface area contributed by atoms with Crippen molar-refractivity contribution in [2.24, 2.45) is 0 Å². The number of benzene rings is 2. The molecule has 0 bridgehead atoms. The molecule has 0 N–H and O–H groups in total. The van der Waals surface area contributed by atoms with Crippen molar-refractivity contribution < 1.29 is 9.53 Å². The van der Waals surface area contributed by atoms with Gasteiger partial charge in [0.15, 0.2) is 0 Å². The van der Waals surface area contributed by atoms with E-state index in [4.69, 9.17) is 4.74 Å². The van der Waals surface area contributed by atoms with Gasteiger partial charge in [0.25, 0.3) is 0 Å².